The van der Waals surface area contributed by atoms with E-state index in [0.29, 0.717) is 11.3 Å². The summed E-state index contributed by atoms with van der Waals surface area (Å²) in [5, 5.41) is 5.65. The third kappa shape index (κ3) is 4.16. The van der Waals surface area contributed by atoms with Crippen molar-refractivity contribution in [1.82, 2.24) is 14.9 Å². The monoisotopic (exact) mass is 348 g/mol. The van der Waals surface area contributed by atoms with E-state index in [1.54, 1.807) is 36.8 Å². The van der Waals surface area contributed by atoms with Gasteiger partial charge < -0.3 is 15.2 Å². The van der Waals surface area contributed by atoms with Gasteiger partial charge in [-0.1, -0.05) is 18.2 Å². The summed E-state index contributed by atoms with van der Waals surface area (Å²) in [4.78, 5) is 27.7. The van der Waals surface area contributed by atoms with Gasteiger partial charge in [0.2, 0.25) is 5.91 Å². The van der Waals surface area contributed by atoms with Crippen molar-refractivity contribution in [2.45, 2.75) is 19.9 Å². The lowest BCUT2D eigenvalue weighted by Gasteiger charge is -2.15. The third-order valence-electron chi connectivity index (χ3n) is 3.99. The molecule has 0 saturated heterocycles. The highest BCUT2D eigenvalue weighted by molar-refractivity contribution is 5.97. The fourth-order valence-corrected chi connectivity index (χ4v) is 2.65. The first-order valence-corrected chi connectivity index (χ1v) is 8.30. The van der Waals surface area contributed by atoms with Crippen LogP contribution in [0.4, 0.5) is 5.69 Å². The second-order valence-electron chi connectivity index (χ2n) is 6.02. The van der Waals surface area contributed by atoms with Crippen molar-refractivity contribution < 1.29 is 9.59 Å². The molecule has 0 radical (unpaired) electrons. The highest BCUT2D eigenvalue weighted by Gasteiger charge is 2.12. The average molecular weight is 348 g/mol. The molecule has 0 spiro atoms. The van der Waals surface area contributed by atoms with Crippen LogP contribution in [0.3, 0.4) is 0 Å². The zero-order chi connectivity index (χ0) is 18.5. The van der Waals surface area contributed by atoms with Crippen LogP contribution in [0.2, 0.25) is 0 Å². The SMILES string of the molecule is CC(=O)Nc1cccc(C(=O)N[C@@H](C)c2ccc(-n3ccnc3)cc2)c1. The van der Waals surface area contributed by atoms with E-state index in [1.807, 2.05) is 42.0 Å². The van der Waals surface area contributed by atoms with Crippen LogP contribution in [-0.2, 0) is 4.79 Å². The van der Waals surface area contributed by atoms with Crippen molar-refractivity contribution in [3.05, 3.63) is 78.4 Å². The van der Waals surface area contributed by atoms with Gasteiger partial charge in [-0.15, -0.1) is 0 Å². The van der Waals surface area contributed by atoms with E-state index in [9.17, 15) is 9.59 Å². The summed E-state index contributed by atoms with van der Waals surface area (Å²) in [5.41, 5.74) is 3.11. The van der Waals surface area contributed by atoms with E-state index >= 15 is 0 Å². The normalized spacial score (nSPS) is 11.6. The molecule has 26 heavy (non-hydrogen) atoms. The van der Waals surface area contributed by atoms with E-state index in [2.05, 4.69) is 15.6 Å². The summed E-state index contributed by atoms with van der Waals surface area (Å²) in [5.74, 6) is -0.364. The van der Waals surface area contributed by atoms with Crippen LogP contribution in [0, 0.1) is 0 Å². The molecule has 0 unspecified atom stereocenters. The number of amides is 2. The van der Waals surface area contributed by atoms with Crippen molar-refractivity contribution >= 4 is 17.5 Å². The van der Waals surface area contributed by atoms with Crippen LogP contribution in [0.5, 0.6) is 0 Å². The summed E-state index contributed by atoms with van der Waals surface area (Å²) in [7, 11) is 0. The molecular formula is C20H20N4O2. The Morgan fingerprint density at radius 1 is 1.12 bits per heavy atom. The Labute approximate surface area is 151 Å². The maximum absolute atomic E-state index is 12.5. The van der Waals surface area contributed by atoms with Gasteiger partial charge in [0.25, 0.3) is 5.91 Å². The van der Waals surface area contributed by atoms with Gasteiger partial charge in [-0.25, -0.2) is 4.98 Å². The van der Waals surface area contributed by atoms with Crippen LogP contribution in [0.15, 0.2) is 67.3 Å². The molecule has 0 aliphatic carbocycles. The number of hydrogen-bond donors (Lipinski definition) is 2. The van der Waals surface area contributed by atoms with Crippen LogP contribution in [0.1, 0.15) is 35.8 Å². The largest absolute Gasteiger partial charge is 0.346 e. The Kier molecular flexibility index (Phi) is 5.12. The van der Waals surface area contributed by atoms with Crippen LogP contribution < -0.4 is 10.6 Å². The fourth-order valence-electron chi connectivity index (χ4n) is 2.65. The molecule has 3 aromatic rings. The first kappa shape index (κ1) is 17.4. The summed E-state index contributed by atoms with van der Waals surface area (Å²) in [6, 6.07) is 14.6. The number of carbonyl (C=O) groups is 2. The van der Waals surface area contributed by atoms with Gasteiger partial charge in [0.1, 0.15) is 0 Å². The zero-order valence-electron chi connectivity index (χ0n) is 14.6. The molecule has 2 aromatic carbocycles. The molecular weight excluding hydrogens is 328 g/mol. The summed E-state index contributed by atoms with van der Waals surface area (Å²) in [6.45, 7) is 3.37. The first-order chi connectivity index (χ1) is 12.5. The molecule has 3 rings (SSSR count). The Bertz CT molecular complexity index is 902. The Hall–Kier alpha value is -3.41. The molecule has 6 nitrogen and oxygen atoms in total. The van der Waals surface area contributed by atoms with E-state index in [0.717, 1.165) is 11.3 Å². The lowest BCUT2D eigenvalue weighted by atomic mass is 10.1. The van der Waals surface area contributed by atoms with E-state index in [4.69, 9.17) is 0 Å². The molecule has 0 aliphatic heterocycles. The minimum atomic E-state index is -0.191. The van der Waals surface area contributed by atoms with Crippen molar-refractivity contribution in [3.63, 3.8) is 0 Å². The topological polar surface area (TPSA) is 76.0 Å². The standard InChI is InChI=1S/C20H20N4O2/c1-14(16-6-8-19(9-7-16)24-11-10-21-13-24)22-20(26)17-4-3-5-18(12-17)23-15(2)25/h3-14H,1-2H3,(H,22,26)(H,23,25)/t14-/m0/s1. The number of aromatic nitrogens is 2. The van der Waals surface area contributed by atoms with Gasteiger partial charge in [0, 0.05) is 36.3 Å². The minimum absolute atomic E-state index is 0.149. The molecule has 0 aliphatic rings. The van der Waals surface area contributed by atoms with Crippen LogP contribution in [-0.4, -0.2) is 21.4 Å². The van der Waals surface area contributed by atoms with Gasteiger partial charge in [-0.05, 0) is 42.8 Å². The smallest absolute Gasteiger partial charge is 0.251 e. The number of anilines is 1. The highest BCUT2D eigenvalue weighted by Crippen LogP contribution is 2.17. The van der Waals surface area contributed by atoms with Crippen molar-refractivity contribution in [1.29, 1.82) is 0 Å². The number of nitrogens with zero attached hydrogens (tertiary/aromatic N) is 2. The molecule has 2 N–H and O–H groups in total. The van der Waals surface area contributed by atoms with Gasteiger partial charge in [0.15, 0.2) is 0 Å². The summed E-state index contributed by atoms with van der Waals surface area (Å²) >= 11 is 0. The molecule has 1 aromatic heterocycles. The molecule has 0 fully saturated rings. The zero-order valence-corrected chi connectivity index (χ0v) is 14.6. The number of nitrogens with one attached hydrogen (secondary N) is 2. The fraction of sp³-hybridized carbons (Fsp3) is 0.150. The molecule has 6 heteroatoms. The summed E-state index contributed by atoms with van der Waals surface area (Å²) < 4.78 is 1.92. The van der Waals surface area contributed by atoms with E-state index in [1.165, 1.54) is 6.92 Å². The predicted octanol–water partition coefficient (Wildman–Crippen LogP) is 3.32. The Balaban J connectivity index is 1.68. The highest BCUT2D eigenvalue weighted by atomic mass is 16.2. The molecule has 0 bridgehead atoms. The third-order valence-corrected chi connectivity index (χ3v) is 3.99. The summed E-state index contributed by atoms with van der Waals surface area (Å²) in [6.07, 6.45) is 5.34. The van der Waals surface area contributed by atoms with Crippen LogP contribution >= 0.6 is 0 Å². The lowest BCUT2D eigenvalue weighted by Crippen LogP contribution is -2.26. The predicted molar refractivity (Wildman–Crippen MR) is 100 cm³/mol. The quantitative estimate of drug-likeness (QED) is 0.743. The lowest BCUT2D eigenvalue weighted by molar-refractivity contribution is -0.114. The number of carbonyl (C=O) groups excluding carboxylic acids is 2. The molecule has 1 atom stereocenters. The molecule has 0 saturated carbocycles. The van der Waals surface area contributed by atoms with Gasteiger partial charge >= 0.3 is 0 Å². The number of imidazole rings is 1. The van der Waals surface area contributed by atoms with Gasteiger partial charge in [-0.2, -0.15) is 0 Å². The van der Waals surface area contributed by atoms with E-state index in [-0.39, 0.29) is 17.9 Å². The Morgan fingerprint density at radius 3 is 2.54 bits per heavy atom. The molecule has 1 heterocycles. The Morgan fingerprint density at radius 2 is 1.88 bits per heavy atom. The number of rotatable bonds is 5. The van der Waals surface area contributed by atoms with Crippen molar-refractivity contribution in [3.8, 4) is 5.69 Å². The van der Waals surface area contributed by atoms with Gasteiger partial charge in [0.05, 0.1) is 12.4 Å². The molecule has 132 valence electrons. The molecule has 2 amide bonds. The first-order valence-electron chi connectivity index (χ1n) is 8.30. The maximum Gasteiger partial charge on any atom is 0.251 e. The van der Waals surface area contributed by atoms with Crippen LogP contribution in [0.25, 0.3) is 5.69 Å². The second-order valence-corrected chi connectivity index (χ2v) is 6.02. The van der Waals surface area contributed by atoms with E-state index < -0.39 is 0 Å². The minimum Gasteiger partial charge on any atom is -0.346 e. The van der Waals surface area contributed by atoms with Crippen molar-refractivity contribution in [2.75, 3.05) is 5.32 Å². The maximum atomic E-state index is 12.5. The number of benzene rings is 2. The average Bonchev–Trinajstić information content (AvgIpc) is 3.16. The van der Waals surface area contributed by atoms with Crippen molar-refractivity contribution in [2.24, 2.45) is 0 Å². The number of hydrogen-bond acceptors (Lipinski definition) is 3. The second kappa shape index (κ2) is 7.65. The van der Waals surface area contributed by atoms with Gasteiger partial charge in [-0.3, -0.25) is 9.59 Å².